The van der Waals surface area contributed by atoms with Crippen molar-refractivity contribution in [1.82, 2.24) is 9.80 Å². The van der Waals surface area contributed by atoms with Gasteiger partial charge in [0.15, 0.2) is 5.78 Å². The van der Waals surface area contributed by atoms with Crippen LogP contribution in [0.1, 0.15) is 78.6 Å². The van der Waals surface area contributed by atoms with E-state index in [1.54, 1.807) is 28.8 Å². The molecule has 14 heteroatoms. The van der Waals surface area contributed by atoms with Gasteiger partial charge in [-0.05, 0) is 148 Å². The van der Waals surface area contributed by atoms with E-state index >= 15 is 0 Å². The van der Waals surface area contributed by atoms with Crippen molar-refractivity contribution in [2.24, 2.45) is 23.5 Å². The van der Waals surface area contributed by atoms with Crippen LogP contribution in [-0.2, 0) is 15.8 Å². The third-order valence-electron chi connectivity index (χ3n) is 12.7. The molecule has 0 unspecified atom stereocenters. The van der Waals surface area contributed by atoms with Crippen molar-refractivity contribution < 1.29 is 27.6 Å². The summed E-state index contributed by atoms with van der Waals surface area (Å²) < 4.78 is 39.1. The first-order chi connectivity index (χ1) is 24.8. The molecule has 286 valence electrons. The van der Waals surface area contributed by atoms with Gasteiger partial charge in [-0.3, -0.25) is 14.6 Å². The molecule has 6 aliphatic heterocycles. The number of Topliss-reactive ketones (excluding diaryl/α,β-unsaturated/α-hetero) is 1. The van der Waals surface area contributed by atoms with Crippen LogP contribution in [0.3, 0.4) is 0 Å². The van der Waals surface area contributed by atoms with Gasteiger partial charge in [0, 0.05) is 38.0 Å². The maximum atomic E-state index is 13.0. The monoisotopic (exact) mass is 827 g/mol. The summed E-state index contributed by atoms with van der Waals surface area (Å²) in [5.74, 6) is 2.56. The average molecular weight is 829 g/mol. The zero-order valence-corrected chi connectivity index (χ0v) is 33.3. The quantitative estimate of drug-likeness (QED) is 0.207. The molecule has 0 amide bonds. The lowest BCUT2D eigenvalue weighted by atomic mass is 9.70. The summed E-state index contributed by atoms with van der Waals surface area (Å²) >= 11 is 14.4. The lowest BCUT2D eigenvalue weighted by molar-refractivity contribution is -0.191. The van der Waals surface area contributed by atoms with Crippen molar-refractivity contribution in [3.8, 4) is 0 Å². The maximum Gasteiger partial charge on any atom is 0.419 e. The number of fused-ring (bicyclic) bond motifs is 6. The molecule has 6 nitrogen and oxygen atoms in total. The van der Waals surface area contributed by atoms with Crippen molar-refractivity contribution in [3.63, 3.8) is 0 Å². The average Bonchev–Trinajstić information content (AvgIpc) is 4.00. The molecule has 2 aromatic heterocycles. The Balaban J connectivity index is 0.000000141. The molecule has 8 fully saturated rings. The smallest absolute Gasteiger partial charge is 0.326 e. The van der Waals surface area contributed by atoms with Gasteiger partial charge in [-0.2, -0.15) is 22.8 Å². The van der Waals surface area contributed by atoms with Crippen LogP contribution in [0.4, 0.5) is 13.2 Å². The first-order valence-corrected chi connectivity index (χ1v) is 20.5. The molecule has 4 bridgehead atoms. The van der Waals surface area contributed by atoms with Crippen LogP contribution in [0, 0.1) is 24.7 Å². The Morgan fingerprint density at radius 2 is 1.42 bits per heavy atom. The summed E-state index contributed by atoms with van der Waals surface area (Å²) in [4.78, 5) is 35.5. The van der Waals surface area contributed by atoms with Crippen LogP contribution < -0.4 is 5.73 Å². The molecule has 2 spiro atoms. The van der Waals surface area contributed by atoms with E-state index in [1.165, 1.54) is 88.3 Å². The molecule has 8 heterocycles. The van der Waals surface area contributed by atoms with Crippen molar-refractivity contribution in [2.45, 2.75) is 88.0 Å². The van der Waals surface area contributed by atoms with E-state index in [4.69, 9.17) is 38.5 Å². The second kappa shape index (κ2) is 15.8. The fourth-order valence-corrected chi connectivity index (χ4v) is 12.3. The van der Waals surface area contributed by atoms with Crippen molar-refractivity contribution in [2.75, 3.05) is 26.2 Å². The number of alkyl halides is 3. The van der Waals surface area contributed by atoms with Crippen molar-refractivity contribution in [1.29, 1.82) is 0 Å². The number of carbonyl (C=O) groups is 1. The van der Waals surface area contributed by atoms with Gasteiger partial charge in [0.1, 0.15) is 0 Å². The fourth-order valence-electron chi connectivity index (χ4n) is 9.65. The van der Waals surface area contributed by atoms with Crippen LogP contribution in [0.15, 0.2) is 41.8 Å². The van der Waals surface area contributed by atoms with Crippen molar-refractivity contribution in [3.05, 3.63) is 67.8 Å². The zero-order chi connectivity index (χ0) is 37.0. The number of aryl methyl sites for hydroxylation is 1. The summed E-state index contributed by atoms with van der Waals surface area (Å²) in [5, 5.41) is 3.90. The number of ketones is 1. The highest BCUT2D eigenvalue weighted by Gasteiger charge is 2.60. The van der Waals surface area contributed by atoms with Crippen LogP contribution in [-0.4, -0.2) is 65.0 Å². The van der Waals surface area contributed by atoms with E-state index in [0.717, 1.165) is 50.4 Å². The minimum Gasteiger partial charge on any atom is -0.326 e. The standard InChI is InChI=1S/C20H22ClNOS.C9H4ClF3S.C9H16N2.CO2.ClH/c1-12-16(21)3-2-14-10-18(24-19(12)14)17(23)11-15-13-4-8-22(9-5-13)20(15)6-7-20;10-6-2-1-5-3-4-14-8(5)7(6)9(11,12)13;10-8-7-1-5-11(6-2-7)9(8)3-4-9;2-1-3;/h2-3,10,13,15H,4-9,11H2,1H3;1-4H;7-8H,1-6,10H2;;1H/t15-;;8-;;/m1.1../s1. The number of piperidine rings is 6. The van der Waals surface area contributed by atoms with Gasteiger partial charge < -0.3 is 5.73 Å². The number of thiophene rings is 2. The molecule has 2 aromatic carbocycles. The molecule has 0 radical (unpaired) electrons. The van der Waals surface area contributed by atoms with Crippen LogP contribution in [0.5, 0.6) is 0 Å². The Labute approximate surface area is 331 Å². The van der Waals surface area contributed by atoms with E-state index in [2.05, 4.69) is 15.9 Å². The first kappa shape index (κ1) is 40.6. The van der Waals surface area contributed by atoms with E-state index in [1.807, 2.05) is 19.1 Å². The Hall–Kier alpha value is -2.05. The maximum absolute atomic E-state index is 13.0. The molecule has 6 saturated heterocycles. The Morgan fingerprint density at radius 3 is 1.96 bits per heavy atom. The number of rotatable bonds is 3. The molecule has 2 atom stereocenters. The Bertz CT molecular complexity index is 1980. The SMILES string of the molecule is Cc1c(Cl)ccc2cc(C(=O)C[C@@H]3C4CCN(CC4)C34CC4)sc12.Cl.FC(F)(F)c1c(Cl)ccc2ccsc12.N[C@@H]1C2CCN(CC2)C12CC2.O=C=O. The molecule has 2 aliphatic carbocycles. The van der Waals surface area contributed by atoms with E-state index < -0.39 is 11.7 Å². The molecule has 12 rings (SSSR count). The molecular weight excluding hydrogens is 786 g/mol. The number of hydrogen-bond donors (Lipinski definition) is 1. The van der Waals surface area contributed by atoms with Gasteiger partial charge in [0.2, 0.25) is 0 Å². The van der Waals surface area contributed by atoms with Crippen molar-refractivity contribution >= 4 is 90.4 Å². The lowest BCUT2D eigenvalue weighted by Gasteiger charge is -2.52. The van der Waals surface area contributed by atoms with Gasteiger partial charge in [-0.1, -0.05) is 35.3 Å². The lowest BCUT2D eigenvalue weighted by Crippen LogP contribution is -2.63. The van der Waals surface area contributed by atoms with Crippen LogP contribution >= 0.6 is 58.3 Å². The molecule has 4 aromatic rings. The second-order valence-corrected chi connectivity index (χ2v) is 17.9. The normalized spacial score (nSPS) is 27.8. The van der Waals surface area contributed by atoms with Gasteiger partial charge in [-0.25, -0.2) is 0 Å². The summed E-state index contributed by atoms with van der Waals surface area (Å²) in [5.41, 5.74) is 7.50. The highest BCUT2D eigenvalue weighted by Crippen LogP contribution is 2.59. The second-order valence-electron chi connectivity index (χ2n) is 15.2. The Morgan fingerprint density at radius 1 is 0.868 bits per heavy atom. The van der Waals surface area contributed by atoms with E-state index in [-0.39, 0.29) is 28.3 Å². The summed E-state index contributed by atoms with van der Waals surface area (Å²) in [6.07, 6.45) is 7.29. The number of nitrogens with two attached hydrogens (primary N) is 1. The fraction of sp³-hybridized carbons (Fsp3) is 0.538. The minimum atomic E-state index is -4.39. The number of benzene rings is 2. The third kappa shape index (κ3) is 7.72. The van der Waals surface area contributed by atoms with Gasteiger partial charge >= 0.3 is 12.3 Å². The molecule has 2 saturated carbocycles. The molecular formula is C39H43Cl3F3N3O3S2. The predicted octanol–water partition coefficient (Wildman–Crippen LogP) is 10.3. The topological polar surface area (TPSA) is 83.7 Å². The minimum absolute atomic E-state index is 0. The van der Waals surface area contributed by atoms with Gasteiger partial charge in [-0.15, -0.1) is 35.1 Å². The summed E-state index contributed by atoms with van der Waals surface area (Å²) in [6, 6.07) is 11.1. The molecule has 2 N–H and O–H groups in total. The van der Waals surface area contributed by atoms with E-state index in [0.29, 0.717) is 34.2 Å². The Kier molecular flexibility index (Phi) is 12.1. The van der Waals surface area contributed by atoms with Gasteiger partial charge in [0.25, 0.3) is 0 Å². The predicted molar refractivity (Wildman–Crippen MR) is 209 cm³/mol. The molecule has 8 aliphatic rings. The number of halogens is 6. The van der Waals surface area contributed by atoms with Crippen LogP contribution in [0.2, 0.25) is 10.0 Å². The number of carbonyl (C=O) groups excluding carboxylic acids is 3. The largest absolute Gasteiger partial charge is 0.419 e. The highest BCUT2D eigenvalue weighted by molar-refractivity contribution is 7.21. The van der Waals surface area contributed by atoms with Gasteiger partial charge in [0.05, 0.1) is 15.5 Å². The third-order valence-corrected chi connectivity index (χ3v) is 15.6. The number of nitrogens with zero attached hydrogens (tertiary/aromatic N) is 2. The first-order valence-electron chi connectivity index (χ1n) is 18.0. The zero-order valence-electron chi connectivity index (χ0n) is 29.4. The van der Waals surface area contributed by atoms with E-state index in [9.17, 15) is 18.0 Å². The summed E-state index contributed by atoms with van der Waals surface area (Å²) in [7, 11) is 0. The highest BCUT2D eigenvalue weighted by atomic mass is 35.5. The number of hydrogen-bond acceptors (Lipinski definition) is 8. The van der Waals surface area contributed by atoms with Crippen LogP contribution in [0.25, 0.3) is 20.2 Å². The summed E-state index contributed by atoms with van der Waals surface area (Å²) in [6.45, 7) is 7.23. The molecule has 53 heavy (non-hydrogen) atoms.